The number of aliphatic hydroxyl groups is 1. The average molecular weight is 387 g/mol. The monoisotopic (exact) mass is 387 g/mol. The van der Waals surface area contributed by atoms with Gasteiger partial charge in [0.15, 0.2) is 11.5 Å². The number of hydrogen-bond acceptors (Lipinski definition) is 5. The maximum atomic E-state index is 13.0. The van der Waals surface area contributed by atoms with E-state index in [0.29, 0.717) is 55.2 Å². The third kappa shape index (κ3) is 4.04. The highest BCUT2D eigenvalue weighted by atomic mass is 19.1. The molecule has 1 fully saturated rings. The minimum absolute atomic E-state index is 0.0954. The summed E-state index contributed by atoms with van der Waals surface area (Å²) < 4.78 is 29.2. The lowest BCUT2D eigenvalue weighted by atomic mass is 9.96. The first-order chi connectivity index (χ1) is 13.5. The second kappa shape index (κ2) is 7.67. The molecule has 0 radical (unpaired) electrons. The second-order valence-corrected chi connectivity index (χ2v) is 7.18. The van der Waals surface area contributed by atoms with Crippen LogP contribution >= 0.6 is 0 Å². The van der Waals surface area contributed by atoms with Crippen molar-refractivity contribution in [3.05, 3.63) is 53.8 Å². The summed E-state index contributed by atoms with van der Waals surface area (Å²) in [5.74, 6) is 1.29. The van der Waals surface area contributed by atoms with Gasteiger partial charge in [0.05, 0.1) is 0 Å². The van der Waals surface area contributed by atoms with Crippen LogP contribution < -0.4 is 14.2 Å². The van der Waals surface area contributed by atoms with Crippen LogP contribution in [0, 0.1) is 5.82 Å². The molecule has 1 amide bonds. The summed E-state index contributed by atoms with van der Waals surface area (Å²) in [6.45, 7) is 1.26. The summed E-state index contributed by atoms with van der Waals surface area (Å²) in [5, 5.41) is 10.9. The molecule has 28 heavy (non-hydrogen) atoms. The van der Waals surface area contributed by atoms with Crippen molar-refractivity contribution in [1.29, 1.82) is 0 Å². The molecule has 7 heteroatoms. The molecule has 0 bridgehead atoms. The third-order valence-corrected chi connectivity index (χ3v) is 5.15. The van der Waals surface area contributed by atoms with Crippen LogP contribution in [0.4, 0.5) is 4.39 Å². The van der Waals surface area contributed by atoms with Crippen molar-refractivity contribution in [3.63, 3.8) is 0 Å². The molecule has 6 nitrogen and oxygen atoms in total. The molecule has 1 unspecified atom stereocenters. The van der Waals surface area contributed by atoms with Gasteiger partial charge in [0.1, 0.15) is 23.8 Å². The van der Waals surface area contributed by atoms with Gasteiger partial charge in [-0.05, 0) is 61.7 Å². The summed E-state index contributed by atoms with van der Waals surface area (Å²) in [6, 6.07) is 10.9. The van der Waals surface area contributed by atoms with Gasteiger partial charge in [-0.3, -0.25) is 4.79 Å². The highest BCUT2D eigenvalue weighted by Crippen LogP contribution is 2.33. The fourth-order valence-corrected chi connectivity index (χ4v) is 3.49. The fraction of sp³-hybridized carbons (Fsp3) is 0.381. The summed E-state index contributed by atoms with van der Waals surface area (Å²) in [4.78, 5) is 14.6. The number of rotatable bonds is 4. The number of ether oxygens (including phenoxy) is 3. The Labute approximate surface area is 162 Å². The van der Waals surface area contributed by atoms with E-state index < -0.39 is 5.60 Å². The molecule has 0 aliphatic carbocycles. The molecule has 0 saturated carbocycles. The zero-order valence-electron chi connectivity index (χ0n) is 15.4. The van der Waals surface area contributed by atoms with E-state index in [2.05, 4.69) is 0 Å². The molecule has 1 N–H and O–H groups in total. The maximum absolute atomic E-state index is 13.0. The lowest BCUT2D eigenvalue weighted by Crippen LogP contribution is -2.38. The lowest BCUT2D eigenvalue weighted by Gasteiger charge is -2.27. The number of likely N-dealkylation sites (tertiary alicyclic amines) is 1. The number of nitrogens with zero attached hydrogens (tertiary/aromatic N) is 1. The van der Waals surface area contributed by atoms with Gasteiger partial charge in [-0.2, -0.15) is 0 Å². The molecule has 148 valence electrons. The molecule has 2 aromatic rings. The summed E-state index contributed by atoms with van der Waals surface area (Å²) in [6.07, 6.45) is 1.60. The molecule has 1 saturated heterocycles. The van der Waals surface area contributed by atoms with E-state index in [1.807, 2.05) is 0 Å². The van der Waals surface area contributed by atoms with Gasteiger partial charge in [-0.15, -0.1) is 0 Å². The van der Waals surface area contributed by atoms with Gasteiger partial charge >= 0.3 is 0 Å². The number of carbonyl (C=O) groups is 1. The van der Waals surface area contributed by atoms with Crippen molar-refractivity contribution < 1.29 is 28.5 Å². The van der Waals surface area contributed by atoms with E-state index in [9.17, 15) is 14.3 Å². The average Bonchev–Trinajstić information content (AvgIpc) is 3.09. The van der Waals surface area contributed by atoms with Crippen LogP contribution in [0.1, 0.15) is 29.6 Å². The molecule has 4 rings (SSSR count). The van der Waals surface area contributed by atoms with E-state index in [-0.39, 0.29) is 25.1 Å². The predicted octanol–water partition coefficient (Wildman–Crippen LogP) is 2.99. The summed E-state index contributed by atoms with van der Waals surface area (Å²) in [7, 11) is 0. The van der Waals surface area contributed by atoms with Gasteiger partial charge in [-0.25, -0.2) is 4.39 Å². The number of carbonyl (C=O) groups excluding carboxylic acids is 1. The van der Waals surface area contributed by atoms with Crippen LogP contribution in [0.3, 0.4) is 0 Å². The molecule has 0 aromatic heterocycles. The predicted molar refractivity (Wildman–Crippen MR) is 99.2 cm³/mol. The summed E-state index contributed by atoms with van der Waals surface area (Å²) >= 11 is 0. The Balaban J connectivity index is 1.37. The Kier molecular flexibility index (Phi) is 5.09. The Morgan fingerprint density at radius 1 is 1.11 bits per heavy atom. The van der Waals surface area contributed by atoms with Crippen molar-refractivity contribution in [3.8, 4) is 17.2 Å². The number of amides is 1. The van der Waals surface area contributed by atoms with Crippen LogP contribution in [-0.2, 0) is 0 Å². The van der Waals surface area contributed by atoms with Gasteiger partial charge in [0, 0.05) is 18.7 Å². The van der Waals surface area contributed by atoms with Crippen LogP contribution in [0.25, 0.3) is 0 Å². The molecular weight excluding hydrogens is 365 g/mol. The first kappa shape index (κ1) is 18.6. The van der Waals surface area contributed by atoms with Gasteiger partial charge in [0.25, 0.3) is 5.91 Å². The highest BCUT2D eigenvalue weighted by Gasteiger charge is 2.33. The second-order valence-electron chi connectivity index (χ2n) is 7.18. The van der Waals surface area contributed by atoms with E-state index in [1.54, 1.807) is 23.1 Å². The minimum atomic E-state index is -1.03. The van der Waals surface area contributed by atoms with Gasteiger partial charge < -0.3 is 24.2 Å². The number of hydrogen-bond donors (Lipinski definition) is 1. The SMILES string of the molecule is O=C(c1ccc2c(c1)OCO2)N1CCCC(O)(COc2ccc(F)cc2)CC1. The van der Waals surface area contributed by atoms with Crippen molar-refractivity contribution in [2.45, 2.75) is 24.9 Å². The standard InChI is InChI=1S/C21H22FNO5/c22-16-3-5-17(6-4-16)26-13-21(25)8-1-10-23(11-9-21)20(24)15-2-7-18-19(12-15)28-14-27-18/h2-7,12,25H,1,8-11,13-14H2. The third-order valence-electron chi connectivity index (χ3n) is 5.15. The number of benzene rings is 2. The smallest absolute Gasteiger partial charge is 0.253 e. The Hall–Kier alpha value is -2.80. The van der Waals surface area contributed by atoms with Gasteiger partial charge in [0.2, 0.25) is 6.79 Å². The van der Waals surface area contributed by atoms with Gasteiger partial charge in [-0.1, -0.05) is 0 Å². The van der Waals surface area contributed by atoms with Crippen LogP contribution in [0.2, 0.25) is 0 Å². The highest BCUT2D eigenvalue weighted by molar-refractivity contribution is 5.95. The van der Waals surface area contributed by atoms with Crippen molar-refractivity contribution in [2.24, 2.45) is 0 Å². The number of halogens is 1. The summed E-state index contributed by atoms with van der Waals surface area (Å²) in [5.41, 5.74) is -0.490. The molecule has 0 spiro atoms. The van der Waals surface area contributed by atoms with E-state index in [1.165, 1.54) is 24.3 Å². The fourth-order valence-electron chi connectivity index (χ4n) is 3.49. The topological polar surface area (TPSA) is 68.2 Å². The molecule has 2 aliphatic heterocycles. The molecule has 2 aromatic carbocycles. The zero-order chi connectivity index (χ0) is 19.6. The molecule has 2 heterocycles. The first-order valence-corrected chi connectivity index (χ1v) is 9.32. The van der Waals surface area contributed by atoms with Crippen LogP contribution in [0.15, 0.2) is 42.5 Å². The molecule has 2 aliphatic rings. The Bertz CT molecular complexity index is 856. The van der Waals surface area contributed by atoms with E-state index >= 15 is 0 Å². The minimum Gasteiger partial charge on any atom is -0.491 e. The largest absolute Gasteiger partial charge is 0.491 e. The molecular formula is C21H22FNO5. The van der Waals surface area contributed by atoms with Crippen LogP contribution in [0.5, 0.6) is 17.2 Å². The van der Waals surface area contributed by atoms with Crippen molar-refractivity contribution in [1.82, 2.24) is 4.90 Å². The van der Waals surface area contributed by atoms with Crippen molar-refractivity contribution >= 4 is 5.91 Å². The first-order valence-electron chi connectivity index (χ1n) is 9.32. The Morgan fingerprint density at radius 2 is 1.89 bits per heavy atom. The van der Waals surface area contributed by atoms with Crippen LogP contribution in [-0.4, -0.2) is 48.0 Å². The normalized spacial score (nSPS) is 21.3. The maximum Gasteiger partial charge on any atom is 0.253 e. The van der Waals surface area contributed by atoms with Crippen molar-refractivity contribution in [2.75, 3.05) is 26.5 Å². The van der Waals surface area contributed by atoms with E-state index in [0.717, 1.165) is 0 Å². The quantitative estimate of drug-likeness (QED) is 0.874. The molecule has 1 atom stereocenters. The zero-order valence-corrected chi connectivity index (χ0v) is 15.4. The van der Waals surface area contributed by atoms with E-state index in [4.69, 9.17) is 14.2 Å². The Morgan fingerprint density at radius 3 is 2.71 bits per heavy atom. The number of fused-ring (bicyclic) bond motifs is 1. The lowest BCUT2D eigenvalue weighted by molar-refractivity contribution is -0.0163.